The van der Waals surface area contributed by atoms with E-state index in [0.717, 1.165) is 66.7 Å². The molecule has 8 nitrogen and oxygen atoms in total. The molecule has 2 aromatic rings. The fourth-order valence-electron chi connectivity index (χ4n) is 5.53. The highest BCUT2D eigenvalue weighted by molar-refractivity contribution is 8.02. The van der Waals surface area contributed by atoms with Gasteiger partial charge >= 0.3 is 0 Å². The van der Waals surface area contributed by atoms with Crippen molar-refractivity contribution < 1.29 is 4.79 Å². The minimum Gasteiger partial charge on any atom is -0.352 e. The van der Waals surface area contributed by atoms with E-state index in [2.05, 4.69) is 59.5 Å². The zero-order valence-electron chi connectivity index (χ0n) is 21.2. The smallest absolute Gasteiger partial charge is 0.238 e. The standard InChI is InChI=1S/C26H33N7OS/c1-6-18-11-19(13-28-20(18)12-27)33-15-25(3,4)21-22(29-16-30-23(21)33)31-8-9-32(17(2)14-31)24(34)26(5)7-10-35-26/h11,13,16-17H,6-10,14-15H2,1-5H3. The SMILES string of the molecule is CCc1cc(N2CC(C)(C)c3c(N4CCN(C(=O)C5(C)CCS5)C(C)C4)ncnc32)cnc1C#N. The molecule has 3 aliphatic rings. The summed E-state index contributed by atoms with van der Waals surface area (Å²) in [5.74, 6) is 3.21. The van der Waals surface area contributed by atoms with E-state index in [0.29, 0.717) is 12.2 Å². The average molecular weight is 492 g/mol. The second-order valence-corrected chi connectivity index (χ2v) is 12.3. The van der Waals surface area contributed by atoms with Gasteiger partial charge in [-0.25, -0.2) is 15.0 Å². The maximum absolute atomic E-state index is 13.2. The molecule has 2 aromatic heterocycles. The van der Waals surface area contributed by atoms with Crippen LogP contribution in [0.25, 0.3) is 0 Å². The molecular weight excluding hydrogens is 458 g/mol. The third kappa shape index (κ3) is 3.92. The molecule has 0 saturated carbocycles. The molecule has 5 heterocycles. The van der Waals surface area contributed by atoms with Gasteiger partial charge in [-0.2, -0.15) is 5.26 Å². The molecule has 184 valence electrons. The molecule has 0 N–H and O–H groups in total. The highest BCUT2D eigenvalue weighted by Crippen LogP contribution is 2.47. The molecule has 2 unspecified atom stereocenters. The number of pyridine rings is 1. The van der Waals surface area contributed by atoms with E-state index in [1.807, 2.05) is 6.92 Å². The number of thioether (sulfide) groups is 1. The summed E-state index contributed by atoms with van der Waals surface area (Å²) in [4.78, 5) is 33.6. The topological polar surface area (TPSA) is 89.2 Å². The predicted octanol–water partition coefficient (Wildman–Crippen LogP) is 3.67. The van der Waals surface area contributed by atoms with Gasteiger partial charge < -0.3 is 14.7 Å². The summed E-state index contributed by atoms with van der Waals surface area (Å²) < 4.78 is -0.248. The molecule has 0 radical (unpaired) electrons. The zero-order chi connectivity index (χ0) is 25.0. The monoisotopic (exact) mass is 491 g/mol. The minimum atomic E-state index is -0.248. The molecule has 3 aliphatic heterocycles. The number of nitriles is 1. The van der Waals surface area contributed by atoms with Crippen molar-refractivity contribution >= 4 is 35.0 Å². The van der Waals surface area contributed by atoms with E-state index in [1.54, 1.807) is 24.3 Å². The van der Waals surface area contributed by atoms with Crippen molar-refractivity contribution in [2.45, 2.75) is 63.7 Å². The van der Waals surface area contributed by atoms with Crippen LogP contribution in [0.5, 0.6) is 0 Å². The number of hydrogen-bond acceptors (Lipinski definition) is 8. The van der Waals surface area contributed by atoms with Crippen molar-refractivity contribution in [1.29, 1.82) is 5.26 Å². The molecule has 1 amide bonds. The van der Waals surface area contributed by atoms with E-state index in [9.17, 15) is 10.1 Å². The summed E-state index contributed by atoms with van der Waals surface area (Å²) in [6.07, 6.45) is 5.14. The van der Waals surface area contributed by atoms with Gasteiger partial charge in [-0.05, 0) is 44.1 Å². The number of amides is 1. The number of carbonyl (C=O) groups is 1. The number of carbonyl (C=O) groups excluding carboxylic acids is 1. The van der Waals surface area contributed by atoms with Crippen molar-refractivity contribution in [1.82, 2.24) is 19.9 Å². The molecule has 0 aromatic carbocycles. The summed E-state index contributed by atoms with van der Waals surface area (Å²) in [7, 11) is 0. The first kappa shape index (κ1) is 23.9. The van der Waals surface area contributed by atoms with Crippen molar-refractivity contribution in [3.63, 3.8) is 0 Å². The Hall–Kier alpha value is -2.86. The van der Waals surface area contributed by atoms with Gasteiger partial charge in [-0.3, -0.25) is 4.79 Å². The normalized spacial score (nSPS) is 25.1. The number of fused-ring (bicyclic) bond motifs is 1. The summed E-state index contributed by atoms with van der Waals surface area (Å²) in [5, 5.41) is 9.39. The Bertz CT molecular complexity index is 1200. The van der Waals surface area contributed by atoms with Gasteiger partial charge in [0.1, 0.15) is 29.7 Å². The number of nitrogens with zero attached hydrogens (tertiary/aromatic N) is 7. The highest BCUT2D eigenvalue weighted by atomic mass is 32.2. The van der Waals surface area contributed by atoms with Crippen LogP contribution in [0.1, 0.15) is 57.9 Å². The number of hydrogen-bond donors (Lipinski definition) is 0. The largest absolute Gasteiger partial charge is 0.352 e. The van der Waals surface area contributed by atoms with Crippen molar-refractivity contribution in [2.75, 3.05) is 41.7 Å². The lowest BCUT2D eigenvalue weighted by Gasteiger charge is -2.46. The van der Waals surface area contributed by atoms with Crippen LogP contribution in [0.3, 0.4) is 0 Å². The number of anilines is 3. The summed E-state index contributed by atoms with van der Waals surface area (Å²) in [6.45, 7) is 13.7. The predicted molar refractivity (Wildman–Crippen MR) is 139 cm³/mol. The summed E-state index contributed by atoms with van der Waals surface area (Å²) in [5.41, 5.74) is 3.34. The van der Waals surface area contributed by atoms with Gasteiger partial charge in [-0.1, -0.05) is 20.8 Å². The van der Waals surface area contributed by atoms with Crippen LogP contribution in [0.15, 0.2) is 18.6 Å². The van der Waals surface area contributed by atoms with Gasteiger partial charge in [0, 0.05) is 43.2 Å². The van der Waals surface area contributed by atoms with Gasteiger partial charge in [0.2, 0.25) is 5.91 Å². The van der Waals surface area contributed by atoms with Crippen LogP contribution in [0, 0.1) is 11.3 Å². The fraction of sp³-hybridized carbons (Fsp3) is 0.577. The lowest BCUT2D eigenvalue weighted by Crippen LogP contribution is -2.60. The van der Waals surface area contributed by atoms with Crippen molar-refractivity contribution in [2.24, 2.45) is 0 Å². The van der Waals surface area contributed by atoms with E-state index in [-0.39, 0.29) is 22.1 Å². The highest BCUT2D eigenvalue weighted by Gasteiger charge is 2.46. The summed E-state index contributed by atoms with van der Waals surface area (Å²) >= 11 is 1.77. The van der Waals surface area contributed by atoms with Crippen LogP contribution < -0.4 is 9.80 Å². The van der Waals surface area contributed by atoms with E-state index < -0.39 is 0 Å². The average Bonchev–Trinajstić information content (AvgIpc) is 3.12. The maximum atomic E-state index is 13.2. The Morgan fingerprint density at radius 2 is 1.97 bits per heavy atom. The first-order chi connectivity index (χ1) is 16.7. The number of aryl methyl sites for hydroxylation is 1. The Balaban J connectivity index is 1.44. The third-order valence-electron chi connectivity index (χ3n) is 7.68. The van der Waals surface area contributed by atoms with Crippen LogP contribution in [0.4, 0.5) is 17.3 Å². The van der Waals surface area contributed by atoms with Crippen LogP contribution >= 0.6 is 11.8 Å². The molecular formula is C26H33N7OS. The van der Waals surface area contributed by atoms with Gasteiger partial charge in [0.25, 0.3) is 0 Å². The summed E-state index contributed by atoms with van der Waals surface area (Å²) in [6, 6.07) is 4.37. The van der Waals surface area contributed by atoms with Gasteiger partial charge in [0.15, 0.2) is 0 Å². The van der Waals surface area contributed by atoms with Crippen molar-refractivity contribution in [3.05, 3.63) is 35.4 Å². The Morgan fingerprint density at radius 1 is 1.23 bits per heavy atom. The van der Waals surface area contributed by atoms with Crippen molar-refractivity contribution in [3.8, 4) is 6.07 Å². The zero-order valence-corrected chi connectivity index (χ0v) is 22.0. The first-order valence-corrected chi connectivity index (χ1v) is 13.4. The van der Waals surface area contributed by atoms with E-state index in [1.165, 1.54) is 0 Å². The quantitative estimate of drug-likeness (QED) is 0.640. The van der Waals surface area contributed by atoms with Gasteiger partial charge in [-0.15, -0.1) is 11.8 Å². The second kappa shape index (κ2) is 8.66. The molecule has 5 rings (SSSR count). The Kier molecular flexibility index (Phi) is 5.91. The third-order valence-corrected chi connectivity index (χ3v) is 9.11. The lowest BCUT2D eigenvalue weighted by atomic mass is 9.87. The van der Waals surface area contributed by atoms with Crippen LogP contribution in [-0.4, -0.2) is 68.5 Å². The lowest BCUT2D eigenvalue weighted by molar-refractivity contribution is -0.136. The number of rotatable bonds is 4. The molecule has 2 fully saturated rings. The number of piperazine rings is 1. The molecule has 2 saturated heterocycles. The second-order valence-electron chi connectivity index (χ2n) is 10.7. The van der Waals surface area contributed by atoms with E-state index in [4.69, 9.17) is 9.97 Å². The molecule has 9 heteroatoms. The van der Waals surface area contributed by atoms with Gasteiger partial charge in [0.05, 0.1) is 16.6 Å². The molecule has 2 atom stereocenters. The maximum Gasteiger partial charge on any atom is 0.238 e. The molecule has 0 aliphatic carbocycles. The van der Waals surface area contributed by atoms with E-state index >= 15 is 0 Å². The van der Waals surface area contributed by atoms with Crippen LogP contribution in [-0.2, 0) is 16.6 Å². The fourth-order valence-corrected chi connectivity index (χ4v) is 6.59. The molecule has 0 bridgehead atoms. The Morgan fingerprint density at radius 3 is 2.60 bits per heavy atom. The first-order valence-electron chi connectivity index (χ1n) is 12.4. The molecule has 35 heavy (non-hydrogen) atoms. The number of aromatic nitrogens is 3. The minimum absolute atomic E-state index is 0.121. The van der Waals surface area contributed by atoms with Crippen LogP contribution in [0.2, 0.25) is 0 Å². The molecule has 0 spiro atoms. The Labute approximate surface area is 211 Å².